The number of hydrogen-bond acceptors (Lipinski definition) is 5. The lowest BCUT2D eigenvalue weighted by Crippen LogP contribution is -2.22. The number of nitrogens with zero attached hydrogens (tertiary/aromatic N) is 3. The molecule has 0 unspecified atom stereocenters. The molecule has 8 heteroatoms. The van der Waals surface area contributed by atoms with Crippen LogP contribution in [0, 0.1) is 5.82 Å². The van der Waals surface area contributed by atoms with Crippen LogP contribution in [0.5, 0.6) is 0 Å². The predicted octanol–water partition coefficient (Wildman–Crippen LogP) is 1.57. The van der Waals surface area contributed by atoms with Gasteiger partial charge in [0.25, 0.3) is 0 Å². The molecular formula is C15H13FN6O. The van der Waals surface area contributed by atoms with Crippen LogP contribution in [-0.4, -0.2) is 32.4 Å². The number of nitrogens with one attached hydrogen (secondary N) is 2. The molecule has 0 saturated carbocycles. The first kappa shape index (κ1) is 14.6. The summed E-state index contributed by atoms with van der Waals surface area (Å²) in [5, 5.41) is 2.73. The van der Waals surface area contributed by atoms with Crippen molar-refractivity contribution in [1.29, 1.82) is 0 Å². The third-order valence-electron chi connectivity index (χ3n) is 3.09. The SMILES string of the molecule is NC(=O)CNc1nccc(-c2[nH]cnc2-c2ccc(F)cc2)n1. The summed E-state index contributed by atoms with van der Waals surface area (Å²) in [5.74, 6) is -0.542. The fourth-order valence-corrected chi connectivity index (χ4v) is 2.07. The second-order valence-corrected chi connectivity index (χ2v) is 4.72. The maximum Gasteiger partial charge on any atom is 0.236 e. The highest BCUT2D eigenvalue weighted by molar-refractivity contribution is 5.79. The van der Waals surface area contributed by atoms with Gasteiger partial charge in [0.05, 0.1) is 30.0 Å². The smallest absolute Gasteiger partial charge is 0.236 e. The Labute approximate surface area is 130 Å². The van der Waals surface area contributed by atoms with Gasteiger partial charge in [0.2, 0.25) is 11.9 Å². The molecule has 0 bridgehead atoms. The van der Waals surface area contributed by atoms with Gasteiger partial charge in [0, 0.05) is 11.8 Å². The number of benzene rings is 1. The summed E-state index contributed by atoms with van der Waals surface area (Å²) < 4.78 is 13.1. The molecule has 116 valence electrons. The zero-order valence-corrected chi connectivity index (χ0v) is 12.0. The zero-order valence-electron chi connectivity index (χ0n) is 12.0. The number of imidazole rings is 1. The molecule has 0 aliphatic heterocycles. The first-order valence-corrected chi connectivity index (χ1v) is 6.78. The van der Waals surface area contributed by atoms with E-state index in [0.717, 1.165) is 5.56 Å². The van der Waals surface area contributed by atoms with Crippen LogP contribution in [0.4, 0.5) is 10.3 Å². The van der Waals surface area contributed by atoms with E-state index in [0.29, 0.717) is 17.1 Å². The lowest BCUT2D eigenvalue weighted by atomic mass is 10.1. The van der Waals surface area contributed by atoms with Crippen molar-refractivity contribution in [1.82, 2.24) is 19.9 Å². The van der Waals surface area contributed by atoms with E-state index >= 15 is 0 Å². The number of aromatic nitrogens is 4. The monoisotopic (exact) mass is 312 g/mol. The van der Waals surface area contributed by atoms with Crippen LogP contribution in [0.15, 0.2) is 42.9 Å². The fourth-order valence-electron chi connectivity index (χ4n) is 2.07. The highest BCUT2D eigenvalue weighted by Crippen LogP contribution is 2.28. The quantitative estimate of drug-likeness (QED) is 0.662. The lowest BCUT2D eigenvalue weighted by Gasteiger charge is -2.06. The molecule has 7 nitrogen and oxygen atoms in total. The van der Waals surface area contributed by atoms with Gasteiger partial charge in [-0.1, -0.05) is 0 Å². The average Bonchev–Trinajstić information content (AvgIpc) is 3.03. The third-order valence-corrected chi connectivity index (χ3v) is 3.09. The topological polar surface area (TPSA) is 110 Å². The van der Waals surface area contributed by atoms with Crippen molar-refractivity contribution < 1.29 is 9.18 Å². The number of carbonyl (C=O) groups excluding carboxylic acids is 1. The van der Waals surface area contributed by atoms with Gasteiger partial charge in [-0.05, 0) is 30.3 Å². The predicted molar refractivity (Wildman–Crippen MR) is 82.7 cm³/mol. The Morgan fingerprint density at radius 2 is 2.00 bits per heavy atom. The van der Waals surface area contributed by atoms with Gasteiger partial charge >= 0.3 is 0 Å². The van der Waals surface area contributed by atoms with Crippen molar-refractivity contribution in [3.63, 3.8) is 0 Å². The largest absolute Gasteiger partial charge is 0.368 e. The Balaban J connectivity index is 1.94. The first-order chi connectivity index (χ1) is 11.1. The van der Waals surface area contributed by atoms with Crippen molar-refractivity contribution in [3.05, 3.63) is 48.7 Å². The number of aromatic amines is 1. The van der Waals surface area contributed by atoms with Crippen LogP contribution < -0.4 is 11.1 Å². The Hall–Kier alpha value is -3.29. The van der Waals surface area contributed by atoms with Gasteiger partial charge in [0.1, 0.15) is 5.82 Å². The molecule has 2 aromatic heterocycles. The number of primary amides is 1. The minimum atomic E-state index is -0.507. The standard InChI is InChI=1S/C15H13FN6O/c16-10-3-1-9(2-4-10)13-14(21-8-20-13)11-5-6-18-15(22-11)19-7-12(17)23/h1-6,8H,7H2,(H2,17,23)(H,20,21)(H,18,19,22). The number of amides is 1. The third kappa shape index (κ3) is 3.31. The second-order valence-electron chi connectivity index (χ2n) is 4.72. The number of halogens is 1. The molecule has 4 N–H and O–H groups in total. The van der Waals surface area contributed by atoms with E-state index in [1.54, 1.807) is 24.4 Å². The van der Waals surface area contributed by atoms with Crippen LogP contribution >= 0.6 is 0 Å². The van der Waals surface area contributed by atoms with Crippen molar-refractivity contribution in [3.8, 4) is 22.6 Å². The van der Waals surface area contributed by atoms with Crippen molar-refractivity contribution in [2.24, 2.45) is 5.73 Å². The van der Waals surface area contributed by atoms with E-state index < -0.39 is 5.91 Å². The molecule has 0 fully saturated rings. The molecule has 23 heavy (non-hydrogen) atoms. The first-order valence-electron chi connectivity index (χ1n) is 6.78. The van der Waals surface area contributed by atoms with E-state index in [-0.39, 0.29) is 18.3 Å². The molecule has 0 atom stereocenters. The molecular weight excluding hydrogens is 299 g/mol. The summed E-state index contributed by atoms with van der Waals surface area (Å²) in [4.78, 5) is 26.4. The minimum Gasteiger partial charge on any atom is -0.368 e. The molecule has 1 aromatic carbocycles. The van der Waals surface area contributed by atoms with Crippen molar-refractivity contribution in [2.45, 2.75) is 0 Å². The zero-order chi connectivity index (χ0) is 16.2. The van der Waals surface area contributed by atoms with Crippen molar-refractivity contribution in [2.75, 3.05) is 11.9 Å². The van der Waals surface area contributed by atoms with Crippen LogP contribution in [0.3, 0.4) is 0 Å². The fraction of sp³-hybridized carbons (Fsp3) is 0.0667. The van der Waals surface area contributed by atoms with Gasteiger partial charge < -0.3 is 16.0 Å². The maximum absolute atomic E-state index is 13.1. The molecule has 3 rings (SSSR count). The van der Waals surface area contributed by atoms with Gasteiger partial charge in [-0.15, -0.1) is 0 Å². The van der Waals surface area contributed by atoms with Gasteiger partial charge in [-0.25, -0.2) is 19.3 Å². The molecule has 0 saturated heterocycles. The Kier molecular flexibility index (Phi) is 3.96. The normalized spacial score (nSPS) is 10.5. The highest BCUT2D eigenvalue weighted by atomic mass is 19.1. The molecule has 0 radical (unpaired) electrons. The summed E-state index contributed by atoms with van der Waals surface area (Å²) in [6.45, 7) is -0.0583. The summed E-state index contributed by atoms with van der Waals surface area (Å²) in [6.07, 6.45) is 3.09. The molecule has 1 amide bonds. The average molecular weight is 312 g/mol. The molecule has 3 aromatic rings. The van der Waals surface area contributed by atoms with Crippen LogP contribution in [0.1, 0.15) is 0 Å². The summed E-state index contributed by atoms with van der Waals surface area (Å²) in [6, 6.07) is 7.72. The Morgan fingerprint density at radius 3 is 2.74 bits per heavy atom. The van der Waals surface area contributed by atoms with Crippen molar-refractivity contribution >= 4 is 11.9 Å². The van der Waals surface area contributed by atoms with Crippen LogP contribution in [-0.2, 0) is 4.79 Å². The molecule has 0 aliphatic rings. The molecule has 2 heterocycles. The van der Waals surface area contributed by atoms with Crippen LogP contribution in [0.2, 0.25) is 0 Å². The summed E-state index contributed by atoms with van der Waals surface area (Å²) in [5.41, 5.74) is 7.74. The van der Waals surface area contributed by atoms with E-state index in [9.17, 15) is 9.18 Å². The number of carbonyl (C=O) groups is 1. The maximum atomic E-state index is 13.1. The number of nitrogens with two attached hydrogens (primary N) is 1. The van der Waals surface area contributed by atoms with Gasteiger partial charge in [-0.3, -0.25) is 4.79 Å². The highest BCUT2D eigenvalue weighted by Gasteiger charge is 2.12. The lowest BCUT2D eigenvalue weighted by molar-refractivity contribution is -0.116. The molecule has 0 spiro atoms. The van der Waals surface area contributed by atoms with Gasteiger partial charge in [0.15, 0.2) is 0 Å². The van der Waals surface area contributed by atoms with E-state index in [2.05, 4.69) is 25.3 Å². The Bertz CT molecular complexity index is 830. The minimum absolute atomic E-state index is 0.0583. The Morgan fingerprint density at radius 1 is 1.22 bits per heavy atom. The van der Waals surface area contributed by atoms with Gasteiger partial charge in [-0.2, -0.15) is 0 Å². The van der Waals surface area contributed by atoms with E-state index in [1.165, 1.54) is 18.5 Å². The van der Waals surface area contributed by atoms with E-state index in [4.69, 9.17) is 5.73 Å². The van der Waals surface area contributed by atoms with E-state index in [1.807, 2.05) is 0 Å². The summed E-state index contributed by atoms with van der Waals surface area (Å²) >= 11 is 0. The number of hydrogen-bond donors (Lipinski definition) is 3. The number of anilines is 1. The summed E-state index contributed by atoms with van der Waals surface area (Å²) in [7, 11) is 0. The molecule has 0 aliphatic carbocycles. The second kappa shape index (κ2) is 6.22. The van der Waals surface area contributed by atoms with Crippen LogP contribution in [0.25, 0.3) is 22.6 Å². The number of rotatable bonds is 5. The number of H-pyrrole nitrogens is 1.